The van der Waals surface area contributed by atoms with Gasteiger partial charge in [-0.15, -0.1) is 0 Å². The maximum atomic E-state index is 13.6. The molecule has 0 radical (unpaired) electrons. The summed E-state index contributed by atoms with van der Waals surface area (Å²) in [6.07, 6.45) is 0.522. The molecule has 1 aliphatic rings. The van der Waals surface area contributed by atoms with Gasteiger partial charge in [0.15, 0.2) is 9.84 Å². The van der Waals surface area contributed by atoms with E-state index in [1.54, 1.807) is 0 Å². The molecular formula is C26H26Cl2F2N2O2S. The summed E-state index contributed by atoms with van der Waals surface area (Å²) in [5, 5.41) is 1.26. The van der Waals surface area contributed by atoms with Crippen LogP contribution in [-0.4, -0.2) is 38.7 Å². The average molecular weight is 539 g/mol. The van der Waals surface area contributed by atoms with Crippen LogP contribution in [0.15, 0.2) is 66.7 Å². The molecule has 0 bridgehead atoms. The quantitative estimate of drug-likeness (QED) is 0.383. The number of halogens is 4. The molecule has 4 nitrogen and oxygen atoms in total. The fraction of sp³-hybridized carbons (Fsp3) is 0.308. The predicted molar refractivity (Wildman–Crippen MR) is 136 cm³/mol. The van der Waals surface area contributed by atoms with Gasteiger partial charge in [0, 0.05) is 34.6 Å². The molecule has 1 fully saturated rings. The van der Waals surface area contributed by atoms with Crippen LogP contribution in [0.3, 0.4) is 0 Å². The largest absolute Gasteiger partial charge is 0.330 e. The van der Waals surface area contributed by atoms with E-state index in [4.69, 9.17) is 28.9 Å². The second kappa shape index (κ2) is 10.5. The SMILES string of the molecule is NCCC1(CS(=O)(=O)Cc2cc(F)cc(F)c2)CN(C(c2ccc(Cl)cc2)c2ccc(Cl)cc2)C1. The second-order valence-electron chi connectivity index (χ2n) is 9.26. The topological polar surface area (TPSA) is 63.4 Å². The lowest BCUT2D eigenvalue weighted by Gasteiger charge is -2.53. The van der Waals surface area contributed by atoms with Crippen LogP contribution in [0.25, 0.3) is 0 Å². The Morgan fingerprint density at radius 3 is 1.83 bits per heavy atom. The molecule has 0 unspecified atom stereocenters. The van der Waals surface area contributed by atoms with Crippen LogP contribution in [0.5, 0.6) is 0 Å². The fourth-order valence-electron chi connectivity index (χ4n) is 5.00. The van der Waals surface area contributed by atoms with Crippen molar-refractivity contribution in [3.05, 3.63) is 105 Å². The molecule has 0 aliphatic carbocycles. The molecule has 0 saturated carbocycles. The molecule has 0 amide bonds. The Hall–Kier alpha value is -2.03. The predicted octanol–water partition coefficient (Wildman–Crippen LogP) is 5.63. The van der Waals surface area contributed by atoms with Crippen LogP contribution < -0.4 is 5.73 Å². The molecule has 186 valence electrons. The average Bonchev–Trinajstić information content (AvgIpc) is 2.74. The third-order valence-corrected chi connectivity index (χ3v) is 8.65. The summed E-state index contributed by atoms with van der Waals surface area (Å²) in [7, 11) is -3.65. The van der Waals surface area contributed by atoms with Crippen LogP contribution in [-0.2, 0) is 15.6 Å². The van der Waals surface area contributed by atoms with Gasteiger partial charge >= 0.3 is 0 Å². The molecule has 9 heteroatoms. The first-order valence-electron chi connectivity index (χ1n) is 11.2. The van der Waals surface area contributed by atoms with E-state index in [1.165, 1.54) is 0 Å². The normalized spacial score (nSPS) is 15.8. The number of nitrogens with zero attached hydrogens (tertiary/aromatic N) is 1. The zero-order chi connectivity index (χ0) is 25.2. The Morgan fingerprint density at radius 2 is 1.37 bits per heavy atom. The zero-order valence-corrected chi connectivity index (χ0v) is 21.3. The molecule has 1 aliphatic heterocycles. The lowest BCUT2D eigenvalue weighted by Crippen LogP contribution is -2.60. The highest BCUT2D eigenvalue weighted by molar-refractivity contribution is 7.90. The van der Waals surface area contributed by atoms with Gasteiger partial charge in [-0.3, -0.25) is 4.90 Å². The minimum atomic E-state index is -3.65. The summed E-state index contributed by atoms with van der Waals surface area (Å²) in [5.74, 6) is -2.13. The summed E-state index contributed by atoms with van der Waals surface area (Å²) < 4.78 is 53.3. The Balaban J connectivity index is 1.57. The molecule has 1 heterocycles. The minimum Gasteiger partial charge on any atom is -0.330 e. The van der Waals surface area contributed by atoms with E-state index in [2.05, 4.69) is 4.90 Å². The molecule has 0 spiro atoms. The van der Waals surface area contributed by atoms with E-state index in [1.807, 2.05) is 48.5 Å². The monoisotopic (exact) mass is 538 g/mol. The van der Waals surface area contributed by atoms with Crippen molar-refractivity contribution in [3.63, 3.8) is 0 Å². The van der Waals surface area contributed by atoms with Gasteiger partial charge < -0.3 is 5.73 Å². The first kappa shape index (κ1) is 26.0. The van der Waals surface area contributed by atoms with Crippen LogP contribution >= 0.6 is 23.2 Å². The van der Waals surface area contributed by atoms with E-state index in [0.717, 1.165) is 29.3 Å². The van der Waals surface area contributed by atoms with Gasteiger partial charge in [-0.2, -0.15) is 0 Å². The summed E-state index contributed by atoms with van der Waals surface area (Å²) in [5.41, 5.74) is 7.47. The highest BCUT2D eigenvalue weighted by atomic mass is 35.5. The molecule has 0 aromatic heterocycles. The summed E-state index contributed by atoms with van der Waals surface area (Å²) in [6.45, 7) is 1.36. The van der Waals surface area contributed by atoms with Gasteiger partial charge in [0.05, 0.1) is 17.5 Å². The van der Waals surface area contributed by atoms with Crippen molar-refractivity contribution in [1.29, 1.82) is 0 Å². The standard InChI is InChI=1S/C26H26Cl2F2N2O2S/c27-21-5-1-19(2-6-21)25(20-3-7-22(28)8-4-20)32-15-26(16-32,9-10-31)17-35(33,34)14-18-11-23(29)13-24(30)12-18/h1-8,11-13,25H,9-10,14-17,31H2. The van der Waals surface area contributed by atoms with Gasteiger partial charge in [0.1, 0.15) is 11.6 Å². The lowest BCUT2D eigenvalue weighted by molar-refractivity contribution is -0.00964. The highest BCUT2D eigenvalue weighted by Crippen LogP contribution is 2.43. The van der Waals surface area contributed by atoms with Crippen molar-refractivity contribution in [2.75, 3.05) is 25.4 Å². The third-order valence-electron chi connectivity index (χ3n) is 6.32. The van der Waals surface area contributed by atoms with E-state index in [0.29, 0.717) is 36.1 Å². The van der Waals surface area contributed by atoms with Crippen LogP contribution in [0, 0.1) is 17.0 Å². The summed E-state index contributed by atoms with van der Waals surface area (Å²) in [4.78, 5) is 2.21. The number of hydrogen-bond acceptors (Lipinski definition) is 4. The number of benzene rings is 3. The smallest absolute Gasteiger partial charge is 0.155 e. The third kappa shape index (κ3) is 6.40. The minimum absolute atomic E-state index is 0.0989. The van der Waals surface area contributed by atoms with Crippen molar-refractivity contribution in [2.24, 2.45) is 11.1 Å². The molecule has 2 N–H and O–H groups in total. The Morgan fingerprint density at radius 1 is 0.886 bits per heavy atom. The van der Waals surface area contributed by atoms with E-state index in [9.17, 15) is 17.2 Å². The van der Waals surface area contributed by atoms with Crippen molar-refractivity contribution < 1.29 is 17.2 Å². The zero-order valence-electron chi connectivity index (χ0n) is 18.9. The van der Waals surface area contributed by atoms with Crippen LogP contribution in [0.1, 0.15) is 29.2 Å². The summed E-state index contributed by atoms with van der Waals surface area (Å²) in [6, 6.07) is 17.9. The molecule has 4 rings (SSSR count). The Bertz CT molecular complexity index is 1210. The molecule has 35 heavy (non-hydrogen) atoms. The Kier molecular flexibility index (Phi) is 7.83. The van der Waals surface area contributed by atoms with Gasteiger partial charge in [-0.25, -0.2) is 17.2 Å². The van der Waals surface area contributed by atoms with E-state index >= 15 is 0 Å². The van der Waals surface area contributed by atoms with Gasteiger partial charge in [-0.05, 0) is 66.1 Å². The first-order chi connectivity index (χ1) is 16.6. The van der Waals surface area contributed by atoms with Crippen molar-refractivity contribution in [2.45, 2.75) is 18.2 Å². The van der Waals surface area contributed by atoms with Gasteiger partial charge in [0.25, 0.3) is 0 Å². The maximum Gasteiger partial charge on any atom is 0.155 e. The van der Waals surface area contributed by atoms with E-state index in [-0.39, 0.29) is 17.4 Å². The number of sulfone groups is 1. The Labute approximate surface area is 214 Å². The van der Waals surface area contributed by atoms with Crippen molar-refractivity contribution in [3.8, 4) is 0 Å². The molecule has 1 saturated heterocycles. The molecule has 0 atom stereocenters. The van der Waals surface area contributed by atoms with E-state index < -0.39 is 32.6 Å². The van der Waals surface area contributed by atoms with Crippen LogP contribution in [0.2, 0.25) is 10.0 Å². The number of hydrogen-bond donors (Lipinski definition) is 1. The first-order valence-corrected chi connectivity index (χ1v) is 13.8. The number of nitrogens with two attached hydrogens (primary N) is 1. The van der Waals surface area contributed by atoms with Crippen molar-refractivity contribution >= 4 is 33.0 Å². The number of rotatable bonds is 9. The number of likely N-dealkylation sites (tertiary alicyclic amines) is 1. The van der Waals surface area contributed by atoms with Gasteiger partial charge in [-0.1, -0.05) is 47.5 Å². The molecular weight excluding hydrogens is 513 g/mol. The molecule has 3 aromatic carbocycles. The molecule has 3 aromatic rings. The van der Waals surface area contributed by atoms with Gasteiger partial charge in [0.2, 0.25) is 0 Å². The maximum absolute atomic E-state index is 13.6. The van der Waals surface area contributed by atoms with Crippen molar-refractivity contribution in [1.82, 2.24) is 4.90 Å². The summed E-state index contributed by atoms with van der Waals surface area (Å²) >= 11 is 12.2. The highest BCUT2D eigenvalue weighted by Gasteiger charge is 2.48. The lowest BCUT2D eigenvalue weighted by atomic mass is 9.76. The van der Waals surface area contributed by atoms with Crippen LogP contribution in [0.4, 0.5) is 8.78 Å². The second-order valence-corrected chi connectivity index (χ2v) is 12.2. The fourth-order valence-corrected chi connectivity index (χ4v) is 7.28.